The summed E-state index contributed by atoms with van der Waals surface area (Å²) in [5.74, 6) is 0.961. The van der Waals surface area contributed by atoms with Crippen LogP contribution in [0.25, 0.3) is 0 Å². The van der Waals surface area contributed by atoms with Crippen molar-refractivity contribution in [3.63, 3.8) is 0 Å². The van der Waals surface area contributed by atoms with Crippen LogP contribution >= 0.6 is 0 Å². The van der Waals surface area contributed by atoms with Gasteiger partial charge in [-0.25, -0.2) is 0 Å². The van der Waals surface area contributed by atoms with E-state index in [0.717, 1.165) is 25.1 Å². The molecule has 1 amide bonds. The molecule has 0 aromatic carbocycles. The minimum absolute atomic E-state index is 0.0139. The van der Waals surface area contributed by atoms with Gasteiger partial charge < -0.3 is 10.6 Å². The van der Waals surface area contributed by atoms with E-state index in [2.05, 4.69) is 10.2 Å². The van der Waals surface area contributed by atoms with Gasteiger partial charge in [0.05, 0.1) is 11.4 Å². The minimum atomic E-state index is 0.0139. The lowest BCUT2D eigenvalue weighted by atomic mass is 9.85. The molecule has 2 unspecified atom stereocenters. The Hall–Kier alpha value is -1.52. The van der Waals surface area contributed by atoms with E-state index in [-0.39, 0.29) is 11.8 Å². The summed E-state index contributed by atoms with van der Waals surface area (Å²) in [5.41, 5.74) is 7.92. The average molecular weight is 276 g/mol. The molecule has 2 aliphatic rings. The predicted molar refractivity (Wildman–Crippen MR) is 78.5 cm³/mol. The van der Waals surface area contributed by atoms with Crippen LogP contribution in [0.15, 0.2) is 0 Å². The highest BCUT2D eigenvalue weighted by Crippen LogP contribution is 2.37. The fraction of sp³-hybridized carbons (Fsp3) is 0.733. The lowest BCUT2D eigenvalue weighted by Gasteiger charge is -2.31. The number of aromatic nitrogens is 2. The van der Waals surface area contributed by atoms with Crippen molar-refractivity contribution >= 4 is 11.6 Å². The molecule has 0 spiro atoms. The van der Waals surface area contributed by atoms with Crippen LogP contribution in [0.4, 0.5) is 5.69 Å². The quantitative estimate of drug-likeness (QED) is 0.871. The molecule has 1 saturated heterocycles. The van der Waals surface area contributed by atoms with Gasteiger partial charge in [-0.15, -0.1) is 0 Å². The Balaban J connectivity index is 1.82. The fourth-order valence-electron chi connectivity index (χ4n) is 3.76. The molecule has 110 valence electrons. The Kier molecular flexibility index (Phi) is 3.44. The predicted octanol–water partition coefficient (Wildman–Crippen LogP) is 2.52. The second-order valence-corrected chi connectivity index (χ2v) is 6.45. The molecule has 0 radical (unpaired) electrons. The first-order chi connectivity index (χ1) is 9.59. The van der Waals surface area contributed by atoms with Gasteiger partial charge in [0.2, 0.25) is 0 Å². The molecule has 20 heavy (non-hydrogen) atoms. The molecule has 1 aromatic heterocycles. The average Bonchev–Trinajstić information content (AvgIpc) is 3.01. The van der Waals surface area contributed by atoms with Crippen molar-refractivity contribution in [2.45, 2.75) is 57.9 Å². The van der Waals surface area contributed by atoms with Gasteiger partial charge in [-0.1, -0.05) is 26.7 Å². The second kappa shape index (κ2) is 5.11. The van der Waals surface area contributed by atoms with Crippen molar-refractivity contribution < 1.29 is 4.79 Å². The van der Waals surface area contributed by atoms with Gasteiger partial charge >= 0.3 is 0 Å². The molecule has 3 rings (SSSR count). The topological polar surface area (TPSA) is 75.0 Å². The molecule has 5 nitrogen and oxygen atoms in total. The molecule has 1 saturated carbocycles. The lowest BCUT2D eigenvalue weighted by molar-refractivity contribution is 0.0685. The van der Waals surface area contributed by atoms with E-state index in [9.17, 15) is 4.79 Å². The SMILES string of the molecule is CC(C)c1[nH]nc(C(=O)N2CCC3CCCCC32)c1N. The molecule has 1 aliphatic carbocycles. The number of amides is 1. The van der Waals surface area contributed by atoms with E-state index in [1.54, 1.807) is 0 Å². The summed E-state index contributed by atoms with van der Waals surface area (Å²) in [6, 6.07) is 0.412. The monoisotopic (exact) mass is 276 g/mol. The third kappa shape index (κ3) is 2.09. The standard InChI is InChI=1S/C15H24N4O/c1-9(2)13-12(16)14(18-17-13)15(20)19-8-7-10-5-3-4-6-11(10)19/h9-11H,3-8,16H2,1-2H3,(H,17,18). The van der Waals surface area contributed by atoms with Crippen molar-refractivity contribution in [3.05, 3.63) is 11.4 Å². The second-order valence-electron chi connectivity index (χ2n) is 6.45. The number of hydrogen-bond donors (Lipinski definition) is 2. The lowest BCUT2D eigenvalue weighted by Crippen LogP contribution is -2.39. The Bertz CT molecular complexity index is 508. The van der Waals surface area contributed by atoms with Crippen LogP contribution < -0.4 is 5.73 Å². The van der Waals surface area contributed by atoms with Gasteiger partial charge in [0, 0.05) is 12.6 Å². The van der Waals surface area contributed by atoms with E-state index in [1.165, 1.54) is 19.3 Å². The third-order valence-electron chi connectivity index (χ3n) is 4.88. The highest BCUT2D eigenvalue weighted by atomic mass is 16.2. The summed E-state index contributed by atoms with van der Waals surface area (Å²) in [4.78, 5) is 14.7. The maximum absolute atomic E-state index is 12.7. The van der Waals surface area contributed by atoms with Crippen LogP contribution in [0.2, 0.25) is 0 Å². The number of anilines is 1. The van der Waals surface area contributed by atoms with Crippen LogP contribution in [0.3, 0.4) is 0 Å². The number of H-pyrrole nitrogens is 1. The number of nitrogen functional groups attached to an aromatic ring is 1. The van der Waals surface area contributed by atoms with Crippen molar-refractivity contribution in [2.75, 3.05) is 12.3 Å². The number of fused-ring (bicyclic) bond motifs is 1. The first-order valence-electron chi connectivity index (χ1n) is 7.74. The molecule has 2 atom stereocenters. The summed E-state index contributed by atoms with van der Waals surface area (Å²) in [7, 11) is 0. The van der Waals surface area contributed by atoms with Crippen molar-refractivity contribution in [2.24, 2.45) is 5.92 Å². The molecule has 2 fully saturated rings. The van der Waals surface area contributed by atoms with Crippen LogP contribution in [0, 0.1) is 5.92 Å². The van der Waals surface area contributed by atoms with Crippen molar-refractivity contribution in [1.82, 2.24) is 15.1 Å². The molecule has 0 bridgehead atoms. The molecular weight excluding hydrogens is 252 g/mol. The zero-order chi connectivity index (χ0) is 14.3. The molecule has 3 N–H and O–H groups in total. The molecule has 2 heterocycles. The van der Waals surface area contributed by atoms with E-state index < -0.39 is 0 Å². The molecule has 1 aliphatic heterocycles. The smallest absolute Gasteiger partial charge is 0.276 e. The number of rotatable bonds is 2. The first-order valence-corrected chi connectivity index (χ1v) is 7.74. The van der Waals surface area contributed by atoms with E-state index >= 15 is 0 Å². The number of hydrogen-bond acceptors (Lipinski definition) is 3. The first kappa shape index (κ1) is 13.5. The largest absolute Gasteiger partial charge is 0.395 e. The van der Waals surface area contributed by atoms with Crippen LogP contribution in [-0.4, -0.2) is 33.6 Å². The number of carbonyl (C=O) groups is 1. The van der Waals surface area contributed by atoms with Crippen LogP contribution in [0.1, 0.15) is 68.1 Å². The van der Waals surface area contributed by atoms with Gasteiger partial charge in [-0.05, 0) is 31.1 Å². The van der Waals surface area contributed by atoms with Crippen LogP contribution in [-0.2, 0) is 0 Å². The van der Waals surface area contributed by atoms with Crippen molar-refractivity contribution in [3.8, 4) is 0 Å². The number of carbonyl (C=O) groups excluding carboxylic acids is 1. The van der Waals surface area contributed by atoms with E-state index in [4.69, 9.17) is 5.73 Å². The Morgan fingerprint density at radius 3 is 2.80 bits per heavy atom. The normalized spacial score (nSPS) is 26.1. The Morgan fingerprint density at radius 2 is 2.10 bits per heavy atom. The number of nitrogens with two attached hydrogens (primary N) is 1. The zero-order valence-corrected chi connectivity index (χ0v) is 12.4. The summed E-state index contributed by atoms with van der Waals surface area (Å²) in [6.07, 6.45) is 6.08. The number of aromatic amines is 1. The Morgan fingerprint density at radius 1 is 1.35 bits per heavy atom. The number of nitrogens with one attached hydrogen (secondary N) is 1. The molecule has 1 aromatic rings. The van der Waals surface area contributed by atoms with Crippen LogP contribution in [0.5, 0.6) is 0 Å². The van der Waals surface area contributed by atoms with Gasteiger partial charge in [-0.3, -0.25) is 9.89 Å². The maximum Gasteiger partial charge on any atom is 0.276 e. The minimum Gasteiger partial charge on any atom is -0.395 e. The maximum atomic E-state index is 12.7. The number of likely N-dealkylation sites (tertiary alicyclic amines) is 1. The summed E-state index contributed by atoms with van der Waals surface area (Å²) in [5, 5.41) is 7.11. The van der Waals surface area contributed by atoms with Gasteiger partial charge in [0.1, 0.15) is 0 Å². The summed E-state index contributed by atoms with van der Waals surface area (Å²) >= 11 is 0. The third-order valence-corrected chi connectivity index (χ3v) is 4.88. The molecular formula is C15H24N4O. The molecule has 5 heteroatoms. The Labute approximate surface area is 119 Å². The van der Waals surface area contributed by atoms with Gasteiger partial charge in [0.15, 0.2) is 5.69 Å². The highest BCUT2D eigenvalue weighted by Gasteiger charge is 2.39. The van der Waals surface area contributed by atoms with Crippen molar-refractivity contribution in [1.29, 1.82) is 0 Å². The van der Waals surface area contributed by atoms with Gasteiger partial charge in [-0.2, -0.15) is 5.10 Å². The fourth-order valence-corrected chi connectivity index (χ4v) is 3.76. The van der Waals surface area contributed by atoms with E-state index in [0.29, 0.717) is 23.3 Å². The summed E-state index contributed by atoms with van der Waals surface area (Å²) < 4.78 is 0. The zero-order valence-electron chi connectivity index (χ0n) is 12.4. The highest BCUT2D eigenvalue weighted by molar-refractivity contribution is 5.98. The van der Waals surface area contributed by atoms with Gasteiger partial charge in [0.25, 0.3) is 5.91 Å². The summed E-state index contributed by atoms with van der Waals surface area (Å²) in [6.45, 7) is 4.95. The van der Waals surface area contributed by atoms with E-state index in [1.807, 2.05) is 18.7 Å². The number of nitrogens with zero attached hydrogens (tertiary/aromatic N) is 2.